The van der Waals surface area contributed by atoms with Crippen LogP contribution in [0.5, 0.6) is 0 Å². The number of likely N-dealkylation sites (N-methyl/N-ethyl adjacent to an activating group) is 1. The molecule has 0 aromatic carbocycles. The third-order valence-electron chi connectivity index (χ3n) is 3.00. The average molecular weight is 202 g/mol. The molecule has 0 heterocycles. The number of nitrogens with two attached hydrogens (primary N) is 1. The fourth-order valence-electron chi connectivity index (χ4n) is 2.09. The molecule has 1 aliphatic carbocycles. The molecule has 2 N–H and O–H groups in total. The van der Waals surface area contributed by atoms with Gasteiger partial charge in [-0.2, -0.15) is 11.8 Å². The quantitative estimate of drug-likeness (QED) is 0.750. The van der Waals surface area contributed by atoms with Gasteiger partial charge in [0.15, 0.2) is 0 Å². The van der Waals surface area contributed by atoms with Crippen molar-refractivity contribution < 1.29 is 0 Å². The van der Waals surface area contributed by atoms with Gasteiger partial charge in [0.1, 0.15) is 0 Å². The van der Waals surface area contributed by atoms with E-state index in [0.29, 0.717) is 12.1 Å². The van der Waals surface area contributed by atoms with E-state index >= 15 is 0 Å². The molecule has 1 saturated carbocycles. The van der Waals surface area contributed by atoms with Crippen molar-refractivity contribution in [1.29, 1.82) is 0 Å². The second-order valence-corrected chi connectivity index (χ2v) is 4.97. The standard InChI is InChI=1S/C10H22N2S/c1-12(7-8-13-2)10-6-4-3-5-9(10)11/h9-10H,3-8,11H2,1-2H3. The third-order valence-corrected chi connectivity index (χ3v) is 3.59. The number of thioether (sulfide) groups is 1. The first-order valence-electron chi connectivity index (χ1n) is 5.20. The predicted octanol–water partition coefficient (Wildman–Crippen LogP) is 1.55. The van der Waals surface area contributed by atoms with Crippen LogP contribution >= 0.6 is 11.8 Å². The summed E-state index contributed by atoms with van der Waals surface area (Å²) in [7, 11) is 2.21. The molecule has 78 valence electrons. The van der Waals surface area contributed by atoms with Crippen LogP contribution in [0.4, 0.5) is 0 Å². The van der Waals surface area contributed by atoms with E-state index in [2.05, 4.69) is 18.2 Å². The molecule has 1 rings (SSSR count). The van der Waals surface area contributed by atoms with Gasteiger partial charge in [0, 0.05) is 24.4 Å². The minimum Gasteiger partial charge on any atom is -0.326 e. The first-order valence-corrected chi connectivity index (χ1v) is 6.60. The highest BCUT2D eigenvalue weighted by atomic mass is 32.2. The molecule has 0 aromatic rings. The minimum atomic E-state index is 0.417. The van der Waals surface area contributed by atoms with Crippen molar-refractivity contribution in [2.75, 3.05) is 25.6 Å². The molecule has 1 aliphatic rings. The summed E-state index contributed by atoms with van der Waals surface area (Å²) in [5.41, 5.74) is 6.10. The molecule has 0 saturated heterocycles. The monoisotopic (exact) mass is 202 g/mol. The Morgan fingerprint density at radius 2 is 2.08 bits per heavy atom. The van der Waals surface area contributed by atoms with E-state index in [1.807, 2.05) is 11.8 Å². The van der Waals surface area contributed by atoms with Gasteiger partial charge in [-0.05, 0) is 26.1 Å². The highest BCUT2D eigenvalue weighted by Gasteiger charge is 2.24. The summed E-state index contributed by atoms with van der Waals surface area (Å²) in [5, 5.41) is 0. The van der Waals surface area contributed by atoms with E-state index < -0.39 is 0 Å². The first-order chi connectivity index (χ1) is 6.25. The SMILES string of the molecule is CSCCN(C)C1CCCCC1N. The molecule has 0 radical (unpaired) electrons. The lowest BCUT2D eigenvalue weighted by atomic mass is 9.90. The van der Waals surface area contributed by atoms with Gasteiger partial charge in [0.25, 0.3) is 0 Å². The van der Waals surface area contributed by atoms with Crippen LogP contribution in [-0.4, -0.2) is 42.6 Å². The lowest BCUT2D eigenvalue weighted by molar-refractivity contribution is 0.178. The van der Waals surface area contributed by atoms with E-state index in [0.717, 1.165) is 0 Å². The Morgan fingerprint density at radius 1 is 1.38 bits per heavy atom. The average Bonchev–Trinajstić information content (AvgIpc) is 2.15. The summed E-state index contributed by atoms with van der Waals surface area (Å²) in [6, 6.07) is 1.06. The molecule has 0 amide bonds. The Kier molecular flexibility index (Phi) is 5.14. The normalized spacial score (nSPS) is 29.5. The summed E-state index contributed by atoms with van der Waals surface area (Å²) in [6.07, 6.45) is 7.37. The van der Waals surface area contributed by atoms with Crippen LogP contribution in [0, 0.1) is 0 Å². The van der Waals surface area contributed by atoms with Gasteiger partial charge in [-0.3, -0.25) is 0 Å². The van der Waals surface area contributed by atoms with Gasteiger partial charge in [-0.1, -0.05) is 12.8 Å². The molecule has 2 unspecified atom stereocenters. The Labute approximate surface area is 86.2 Å². The Bertz CT molecular complexity index is 141. The molecule has 0 spiro atoms. The Balaban J connectivity index is 2.30. The Morgan fingerprint density at radius 3 is 2.69 bits per heavy atom. The van der Waals surface area contributed by atoms with Crippen molar-refractivity contribution in [1.82, 2.24) is 4.90 Å². The highest BCUT2D eigenvalue weighted by molar-refractivity contribution is 7.98. The predicted molar refractivity (Wildman–Crippen MR) is 61.2 cm³/mol. The van der Waals surface area contributed by atoms with Crippen molar-refractivity contribution in [3.63, 3.8) is 0 Å². The van der Waals surface area contributed by atoms with Gasteiger partial charge >= 0.3 is 0 Å². The fraction of sp³-hybridized carbons (Fsp3) is 1.00. The summed E-state index contributed by atoms with van der Waals surface area (Å²) < 4.78 is 0. The maximum Gasteiger partial charge on any atom is 0.0244 e. The molecule has 1 fully saturated rings. The van der Waals surface area contributed by atoms with Crippen LogP contribution in [-0.2, 0) is 0 Å². The van der Waals surface area contributed by atoms with Crippen LogP contribution in [0.1, 0.15) is 25.7 Å². The molecular weight excluding hydrogens is 180 g/mol. The second-order valence-electron chi connectivity index (χ2n) is 3.99. The first kappa shape index (κ1) is 11.3. The topological polar surface area (TPSA) is 29.3 Å². The molecule has 2 nitrogen and oxygen atoms in total. The molecule has 3 heteroatoms. The van der Waals surface area contributed by atoms with E-state index in [-0.39, 0.29) is 0 Å². The maximum atomic E-state index is 6.10. The van der Waals surface area contributed by atoms with Crippen LogP contribution in [0.2, 0.25) is 0 Å². The molecule has 13 heavy (non-hydrogen) atoms. The number of hydrogen-bond donors (Lipinski definition) is 1. The lowest BCUT2D eigenvalue weighted by Crippen LogP contribution is -2.48. The minimum absolute atomic E-state index is 0.417. The number of rotatable bonds is 4. The summed E-state index contributed by atoms with van der Waals surface area (Å²) in [4.78, 5) is 2.44. The zero-order chi connectivity index (χ0) is 9.68. The van der Waals surface area contributed by atoms with Gasteiger partial charge < -0.3 is 10.6 Å². The van der Waals surface area contributed by atoms with Crippen molar-refractivity contribution in [2.45, 2.75) is 37.8 Å². The van der Waals surface area contributed by atoms with Crippen LogP contribution < -0.4 is 5.73 Å². The van der Waals surface area contributed by atoms with E-state index in [1.165, 1.54) is 38.0 Å². The van der Waals surface area contributed by atoms with Crippen LogP contribution in [0.25, 0.3) is 0 Å². The number of hydrogen-bond acceptors (Lipinski definition) is 3. The van der Waals surface area contributed by atoms with Gasteiger partial charge in [0.05, 0.1) is 0 Å². The van der Waals surface area contributed by atoms with Crippen LogP contribution in [0.3, 0.4) is 0 Å². The summed E-state index contributed by atoms with van der Waals surface area (Å²) in [6.45, 7) is 1.18. The Hall–Kier alpha value is 0.270. The molecule has 0 aliphatic heterocycles. The molecule has 0 bridgehead atoms. The smallest absolute Gasteiger partial charge is 0.0244 e. The zero-order valence-electron chi connectivity index (χ0n) is 8.83. The zero-order valence-corrected chi connectivity index (χ0v) is 9.65. The summed E-state index contributed by atoms with van der Waals surface area (Å²) in [5.74, 6) is 1.22. The maximum absolute atomic E-state index is 6.10. The second kappa shape index (κ2) is 5.89. The summed E-state index contributed by atoms with van der Waals surface area (Å²) >= 11 is 1.91. The lowest BCUT2D eigenvalue weighted by Gasteiger charge is -2.35. The highest BCUT2D eigenvalue weighted by Crippen LogP contribution is 2.20. The van der Waals surface area contributed by atoms with E-state index in [9.17, 15) is 0 Å². The van der Waals surface area contributed by atoms with E-state index in [1.54, 1.807) is 0 Å². The van der Waals surface area contributed by atoms with Gasteiger partial charge in [0.2, 0.25) is 0 Å². The van der Waals surface area contributed by atoms with Gasteiger partial charge in [-0.25, -0.2) is 0 Å². The number of nitrogens with zero attached hydrogens (tertiary/aromatic N) is 1. The van der Waals surface area contributed by atoms with Crippen molar-refractivity contribution in [2.24, 2.45) is 5.73 Å². The fourth-order valence-corrected chi connectivity index (χ4v) is 2.56. The molecular formula is C10H22N2S. The van der Waals surface area contributed by atoms with Crippen LogP contribution in [0.15, 0.2) is 0 Å². The van der Waals surface area contributed by atoms with Gasteiger partial charge in [-0.15, -0.1) is 0 Å². The van der Waals surface area contributed by atoms with Crippen molar-refractivity contribution >= 4 is 11.8 Å². The third kappa shape index (κ3) is 3.49. The largest absolute Gasteiger partial charge is 0.326 e. The molecule has 2 atom stereocenters. The van der Waals surface area contributed by atoms with E-state index in [4.69, 9.17) is 5.73 Å². The van der Waals surface area contributed by atoms with Crippen molar-refractivity contribution in [3.05, 3.63) is 0 Å². The molecule has 0 aromatic heterocycles. The van der Waals surface area contributed by atoms with Crippen molar-refractivity contribution in [3.8, 4) is 0 Å².